The lowest BCUT2D eigenvalue weighted by molar-refractivity contribution is 0.0583. The van der Waals surface area contributed by atoms with Crippen LogP contribution >= 0.6 is 0 Å². The predicted octanol–water partition coefficient (Wildman–Crippen LogP) is 1.98. The largest absolute Gasteiger partial charge is 0.381 e. The Morgan fingerprint density at radius 1 is 1.31 bits per heavy atom. The van der Waals surface area contributed by atoms with Gasteiger partial charge in [-0.3, -0.25) is 0 Å². The van der Waals surface area contributed by atoms with Crippen LogP contribution in [0.3, 0.4) is 0 Å². The van der Waals surface area contributed by atoms with Gasteiger partial charge in [-0.05, 0) is 30.4 Å². The molecular formula is C13H16N2O. The zero-order chi connectivity index (χ0) is 11.4. The average Bonchev–Trinajstić information content (AvgIpc) is 2.39. The zero-order valence-electron chi connectivity index (χ0n) is 9.23. The number of nitrogens with two attached hydrogens (primary N) is 1. The van der Waals surface area contributed by atoms with Gasteiger partial charge in [0.25, 0.3) is 0 Å². The van der Waals surface area contributed by atoms with Crippen LogP contribution in [0, 0.1) is 17.2 Å². The highest BCUT2D eigenvalue weighted by molar-refractivity contribution is 5.39. The van der Waals surface area contributed by atoms with Gasteiger partial charge in [0.1, 0.15) is 0 Å². The molecule has 16 heavy (non-hydrogen) atoms. The minimum atomic E-state index is -0.0419. The summed E-state index contributed by atoms with van der Waals surface area (Å²) in [6.07, 6.45) is 1.97. The maximum absolute atomic E-state index is 9.04. The summed E-state index contributed by atoms with van der Waals surface area (Å²) in [6.45, 7) is 1.57. The van der Waals surface area contributed by atoms with Crippen LogP contribution in [0.15, 0.2) is 24.3 Å². The van der Waals surface area contributed by atoms with E-state index in [1.165, 1.54) is 0 Å². The van der Waals surface area contributed by atoms with Gasteiger partial charge in [0.15, 0.2) is 0 Å². The summed E-state index contributed by atoms with van der Waals surface area (Å²) in [7, 11) is 0. The number of nitriles is 1. The van der Waals surface area contributed by atoms with E-state index >= 15 is 0 Å². The molecule has 2 N–H and O–H groups in total. The number of rotatable bonds is 2. The highest BCUT2D eigenvalue weighted by Gasteiger charge is 2.23. The number of ether oxygens (including phenoxy) is 1. The summed E-state index contributed by atoms with van der Waals surface area (Å²) in [6, 6.07) is 9.76. The number of nitrogens with zero attached hydrogens (tertiary/aromatic N) is 1. The van der Waals surface area contributed by atoms with Crippen molar-refractivity contribution in [3.63, 3.8) is 0 Å². The smallest absolute Gasteiger partial charge is 0.0995 e. The molecule has 0 aliphatic carbocycles. The van der Waals surface area contributed by atoms with E-state index < -0.39 is 0 Å². The second kappa shape index (κ2) is 5.11. The van der Waals surface area contributed by atoms with Crippen molar-refractivity contribution < 1.29 is 4.74 Å². The molecular weight excluding hydrogens is 200 g/mol. The summed E-state index contributed by atoms with van der Waals surface area (Å²) in [5.41, 5.74) is 7.90. The average molecular weight is 216 g/mol. The van der Waals surface area contributed by atoms with E-state index in [0.29, 0.717) is 11.5 Å². The SMILES string of the molecule is N#Cc1ccccc1[C@H](N)C1CCOCC1. The van der Waals surface area contributed by atoms with Gasteiger partial charge in [0, 0.05) is 19.3 Å². The van der Waals surface area contributed by atoms with Crippen LogP contribution in [-0.2, 0) is 4.74 Å². The number of hydrogen-bond donors (Lipinski definition) is 1. The minimum Gasteiger partial charge on any atom is -0.381 e. The highest BCUT2D eigenvalue weighted by Crippen LogP contribution is 2.29. The Labute approximate surface area is 95.8 Å². The summed E-state index contributed by atoms with van der Waals surface area (Å²) in [5, 5.41) is 9.04. The fourth-order valence-corrected chi connectivity index (χ4v) is 2.22. The number of benzene rings is 1. The third-order valence-electron chi connectivity index (χ3n) is 3.21. The van der Waals surface area contributed by atoms with Crippen molar-refractivity contribution in [1.82, 2.24) is 0 Å². The second-order valence-corrected chi connectivity index (χ2v) is 4.17. The monoisotopic (exact) mass is 216 g/mol. The second-order valence-electron chi connectivity index (χ2n) is 4.17. The van der Waals surface area contributed by atoms with Gasteiger partial charge in [-0.1, -0.05) is 18.2 Å². The molecule has 0 saturated carbocycles. The predicted molar refractivity (Wildman–Crippen MR) is 61.6 cm³/mol. The maximum Gasteiger partial charge on any atom is 0.0995 e. The molecule has 2 rings (SSSR count). The van der Waals surface area contributed by atoms with Crippen LogP contribution in [0.5, 0.6) is 0 Å². The molecule has 1 aliphatic rings. The fraction of sp³-hybridized carbons (Fsp3) is 0.462. The van der Waals surface area contributed by atoms with Crippen LogP contribution in [-0.4, -0.2) is 13.2 Å². The molecule has 1 heterocycles. The van der Waals surface area contributed by atoms with Gasteiger partial charge in [0.2, 0.25) is 0 Å². The molecule has 0 radical (unpaired) electrons. The van der Waals surface area contributed by atoms with E-state index in [2.05, 4.69) is 6.07 Å². The first-order valence-corrected chi connectivity index (χ1v) is 5.65. The molecule has 0 unspecified atom stereocenters. The molecule has 1 fully saturated rings. The van der Waals surface area contributed by atoms with Crippen LogP contribution in [0.1, 0.15) is 30.0 Å². The third-order valence-corrected chi connectivity index (χ3v) is 3.21. The van der Waals surface area contributed by atoms with Crippen LogP contribution < -0.4 is 5.73 Å². The highest BCUT2D eigenvalue weighted by atomic mass is 16.5. The molecule has 3 nitrogen and oxygen atoms in total. The van der Waals surface area contributed by atoms with E-state index in [-0.39, 0.29) is 6.04 Å². The summed E-state index contributed by atoms with van der Waals surface area (Å²) < 4.78 is 5.32. The lowest BCUT2D eigenvalue weighted by Gasteiger charge is -2.28. The molecule has 1 aliphatic heterocycles. The molecule has 84 valence electrons. The van der Waals surface area contributed by atoms with Crippen molar-refractivity contribution >= 4 is 0 Å². The molecule has 0 aromatic heterocycles. The van der Waals surface area contributed by atoms with Crippen LogP contribution in [0.4, 0.5) is 0 Å². The van der Waals surface area contributed by atoms with Gasteiger partial charge >= 0.3 is 0 Å². The Hall–Kier alpha value is -1.37. The lowest BCUT2D eigenvalue weighted by Crippen LogP contribution is -2.28. The third kappa shape index (κ3) is 2.24. The quantitative estimate of drug-likeness (QED) is 0.822. The first-order chi connectivity index (χ1) is 7.83. The Balaban J connectivity index is 2.19. The number of hydrogen-bond acceptors (Lipinski definition) is 3. The standard InChI is InChI=1S/C13H16N2O/c14-9-11-3-1-2-4-12(11)13(15)10-5-7-16-8-6-10/h1-4,10,13H,5-8,15H2/t13-/m1/s1. The Morgan fingerprint density at radius 3 is 2.69 bits per heavy atom. The molecule has 3 heteroatoms. The topological polar surface area (TPSA) is 59.0 Å². The van der Waals surface area contributed by atoms with Crippen molar-refractivity contribution in [1.29, 1.82) is 5.26 Å². The molecule has 1 saturated heterocycles. The first kappa shape index (κ1) is 11.1. The van der Waals surface area contributed by atoms with Crippen molar-refractivity contribution in [2.45, 2.75) is 18.9 Å². The zero-order valence-corrected chi connectivity index (χ0v) is 9.23. The van der Waals surface area contributed by atoms with Gasteiger partial charge in [-0.25, -0.2) is 0 Å². The molecule has 1 aromatic rings. The normalized spacial score (nSPS) is 19.0. The Morgan fingerprint density at radius 2 is 2.00 bits per heavy atom. The summed E-state index contributed by atoms with van der Waals surface area (Å²) in [5.74, 6) is 0.434. The lowest BCUT2D eigenvalue weighted by atomic mass is 9.86. The van der Waals surface area contributed by atoms with E-state index in [4.69, 9.17) is 15.7 Å². The van der Waals surface area contributed by atoms with Crippen molar-refractivity contribution in [2.75, 3.05) is 13.2 Å². The molecule has 1 atom stereocenters. The van der Waals surface area contributed by atoms with E-state index in [1.54, 1.807) is 0 Å². The maximum atomic E-state index is 9.04. The van der Waals surface area contributed by atoms with Crippen LogP contribution in [0.25, 0.3) is 0 Å². The van der Waals surface area contributed by atoms with Crippen LogP contribution in [0.2, 0.25) is 0 Å². The minimum absolute atomic E-state index is 0.0419. The molecule has 0 amide bonds. The fourth-order valence-electron chi connectivity index (χ4n) is 2.22. The molecule has 0 bridgehead atoms. The summed E-state index contributed by atoms with van der Waals surface area (Å²) >= 11 is 0. The van der Waals surface area contributed by atoms with E-state index in [1.807, 2.05) is 24.3 Å². The van der Waals surface area contributed by atoms with Crippen molar-refractivity contribution in [3.8, 4) is 6.07 Å². The van der Waals surface area contributed by atoms with E-state index in [0.717, 1.165) is 31.6 Å². The molecule has 0 spiro atoms. The summed E-state index contributed by atoms with van der Waals surface area (Å²) in [4.78, 5) is 0. The van der Waals surface area contributed by atoms with E-state index in [9.17, 15) is 0 Å². The Bertz CT molecular complexity index is 391. The first-order valence-electron chi connectivity index (χ1n) is 5.65. The van der Waals surface area contributed by atoms with Gasteiger partial charge in [-0.15, -0.1) is 0 Å². The van der Waals surface area contributed by atoms with Crippen molar-refractivity contribution in [3.05, 3.63) is 35.4 Å². The van der Waals surface area contributed by atoms with Gasteiger partial charge < -0.3 is 10.5 Å². The Kier molecular flexibility index (Phi) is 3.55. The van der Waals surface area contributed by atoms with Crippen molar-refractivity contribution in [2.24, 2.45) is 11.7 Å². The van der Waals surface area contributed by atoms with Gasteiger partial charge in [0.05, 0.1) is 11.6 Å². The van der Waals surface area contributed by atoms with Gasteiger partial charge in [-0.2, -0.15) is 5.26 Å². The molecule has 1 aromatic carbocycles.